The van der Waals surface area contributed by atoms with E-state index in [0.29, 0.717) is 0 Å². The molecule has 1 aromatic heterocycles. The van der Waals surface area contributed by atoms with Crippen molar-refractivity contribution in [3.8, 4) is 0 Å². The third-order valence-corrected chi connectivity index (χ3v) is 4.19. The number of hydrogen-bond acceptors (Lipinski definition) is 3. The Morgan fingerprint density at radius 3 is 3.11 bits per heavy atom. The number of nitrogens with one attached hydrogen (secondary N) is 1. The second kappa shape index (κ2) is 7.63. The Balaban J connectivity index is 1.64. The molecular formula is C15H28N4. The summed E-state index contributed by atoms with van der Waals surface area (Å²) < 4.78 is 2.01. The molecule has 0 radical (unpaired) electrons. The van der Waals surface area contributed by atoms with E-state index < -0.39 is 0 Å². The van der Waals surface area contributed by atoms with Gasteiger partial charge in [0.25, 0.3) is 0 Å². The summed E-state index contributed by atoms with van der Waals surface area (Å²) in [5.74, 6) is 2.94. The summed E-state index contributed by atoms with van der Waals surface area (Å²) in [6.07, 6.45) is 9.80. The van der Waals surface area contributed by atoms with Crippen LogP contribution in [0.5, 0.6) is 0 Å². The molecule has 1 aliphatic carbocycles. The van der Waals surface area contributed by atoms with Gasteiger partial charge in [0.2, 0.25) is 0 Å². The molecule has 0 bridgehead atoms. The Morgan fingerprint density at radius 1 is 1.42 bits per heavy atom. The molecule has 1 heterocycles. The fraction of sp³-hybridized carbons (Fsp3) is 0.867. The van der Waals surface area contributed by atoms with Crippen LogP contribution in [-0.2, 0) is 13.1 Å². The molecule has 1 aliphatic rings. The van der Waals surface area contributed by atoms with Crippen LogP contribution in [0, 0.1) is 11.8 Å². The van der Waals surface area contributed by atoms with Crippen molar-refractivity contribution in [2.45, 2.75) is 65.5 Å². The molecule has 1 saturated carbocycles. The highest BCUT2D eigenvalue weighted by Gasteiger charge is 2.18. The van der Waals surface area contributed by atoms with E-state index in [-0.39, 0.29) is 0 Å². The molecule has 4 heteroatoms. The van der Waals surface area contributed by atoms with Gasteiger partial charge in [0, 0.05) is 6.54 Å². The molecule has 0 aliphatic heterocycles. The summed E-state index contributed by atoms with van der Waals surface area (Å²) in [4.78, 5) is 4.32. The minimum atomic E-state index is 0.849. The maximum Gasteiger partial charge on any atom is 0.140 e. The summed E-state index contributed by atoms with van der Waals surface area (Å²) in [5, 5.41) is 7.78. The highest BCUT2D eigenvalue weighted by molar-refractivity contribution is 4.83. The van der Waals surface area contributed by atoms with E-state index in [9.17, 15) is 0 Å². The van der Waals surface area contributed by atoms with Gasteiger partial charge in [-0.25, -0.2) is 9.67 Å². The largest absolute Gasteiger partial charge is 0.310 e. The van der Waals surface area contributed by atoms with Gasteiger partial charge in [-0.1, -0.05) is 33.1 Å². The van der Waals surface area contributed by atoms with Gasteiger partial charge in [0.05, 0.1) is 6.54 Å². The zero-order valence-corrected chi connectivity index (χ0v) is 12.4. The highest BCUT2D eigenvalue weighted by atomic mass is 15.3. The average Bonchev–Trinajstić information content (AvgIpc) is 2.83. The van der Waals surface area contributed by atoms with Crippen LogP contribution in [0.1, 0.15) is 58.2 Å². The Morgan fingerprint density at radius 2 is 2.32 bits per heavy atom. The standard InChI is InChI=1S/C15H28N4/c1-3-9-19-15(17-12-18-19)11-16-8-7-14-6-4-5-13(2)10-14/h12-14,16H,3-11H2,1-2H3. The van der Waals surface area contributed by atoms with Crippen LogP contribution >= 0.6 is 0 Å². The topological polar surface area (TPSA) is 42.7 Å². The van der Waals surface area contributed by atoms with Crippen LogP contribution in [0.3, 0.4) is 0 Å². The number of aromatic nitrogens is 3. The quantitative estimate of drug-likeness (QED) is 0.770. The van der Waals surface area contributed by atoms with E-state index in [1.165, 1.54) is 32.1 Å². The molecule has 19 heavy (non-hydrogen) atoms. The van der Waals surface area contributed by atoms with Crippen LogP contribution in [-0.4, -0.2) is 21.3 Å². The maximum atomic E-state index is 4.32. The van der Waals surface area contributed by atoms with E-state index >= 15 is 0 Å². The lowest BCUT2D eigenvalue weighted by atomic mass is 9.81. The molecule has 2 unspecified atom stereocenters. The average molecular weight is 264 g/mol. The van der Waals surface area contributed by atoms with E-state index in [0.717, 1.165) is 43.7 Å². The minimum Gasteiger partial charge on any atom is -0.310 e. The van der Waals surface area contributed by atoms with Gasteiger partial charge >= 0.3 is 0 Å². The SMILES string of the molecule is CCCn1ncnc1CNCCC1CCCC(C)C1. The number of aryl methyl sites for hydroxylation is 1. The Kier molecular flexibility index (Phi) is 5.83. The second-order valence-corrected chi connectivity index (χ2v) is 6.00. The van der Waals surface area contributed by atoms with Gasteiger partial charge in [-0.15, -0.1) is 0 Å². The summed E-state index contributed by atoms with van der Waals surface area (Å²) in [6.45, 7) is 7.49. The van der Waals surface area contributed by atoms with Gasteiger partial charge in [-0.2, -0.15) is 5.10 Å². The Bertz CT molecular complexity index is 361. The fourth-order valence-corrected chi connectivity index (χ4v) is 3.15. The molecule has 108 valence electrons. The first kappa shape index (κ1) is 14.5. The van der Waals surface area contributed by atoms with Crippen molar-refractivity contribution in [1.82, 2.24) is 20.1 Å². The molecule has 1 fully saturated rings. The van der Waals surface area contributed by atoms with Crippen molar-refractivity contribution < 1.29 is 0 Å². The fourth-order valence-electron chi connectivity index (χ4n) is 3.15. The predicted octanol–water partition coefficient (Wildman–Crippen LogP) is 2.99. The van der Waals surface area contributed by atoms with Crippen molar-refractivity contribution >= 4 is 0 Å². The number of nitrogens with zero attached hydrogens (tertiary/aromatic N) is 3. The van der Waals surface area contributed by atoms with Crippen molar-refractivity contribution in [2.75, 3.05) is 6.54 Å². The lowest BCUT2D eigenvalue weighted by Crippen LogP contribution is -2.22. The smallest absolute Gasteiger partial charge is 0.140 e. The van der Waals surface area contributed by atoms with Crippen LogP contribution < -0.4 is 5.32 Å². The summed E-state index contributed by atoms with van der Waals surface area (Å²) >= 11 is 0. The van der Waals surface area contributed by atoms with Crippen molar-refractivity contribution in [2.24, 2.45) is 11.8 Å². The van der Waals surface area contributed by atoms with Gasteiger partial charge in [0.15, 0.2) is 0 Å². The summed E-state index contributed by atoms with van der Waals surface area (Å²) in [5.41, 5.74) is 0. The van der Waals surface area contributed by atoms with E-state index in [4.69, 9.17) is 0 Å². The van der Waals surface area contributed by atoms with E-state index in [2.05, 4.69) is 29.2 Å². The van der Waals surface area contributed by atoms with Gasteiger partial charge in [0.1, 0.15) is 12.2 Å². The molecule has 0 aromatic carbocycles. The Labute approximate surface area is 117 Å². The molecule has 0 spiro atoms. The number of hydrogen-bond donors (Lipinski definition) is 1. The normalized spacial score (nSPS) is 23.7. The predicted molar refractivity (Wildman–Crippen MR) is 77.8 cm³/mol. The van der Waals surface area contributed by atoms with Crippen molar-refractivity contribution in [1.29, 1.82) is 0 Å². The summed E-state index contributed by atoms with van der Waals surface area (Å²) in [6, 6.07) is 0. The molecule has 1 N–H and O–H groups in total. The Hall–Kier alpha value is -0.900. The van der Waals surface area contributed by atoms with E-state index in [1.807, 2.05) is 4.68 Å². The van der Waals surface area contributed by atoms with Gasteiger partial charge in [-0.05, 0) is 37.6 Å². The molecular weight excluding hydrogens is 236 g/mol. The molecule has 1 aromatic rings. The van der Waals surface area contributed by atoms with Crippen molar-refractivity contribution in [3.05, 3.63) is 12.2 Å². The molecule has 2 atom stereocenters. The van der Waals surface area contributed by atoms with Crippen molar-refractivity contribution in [3.63, 3.8) is 0 Å². The zero-order valence-electron chi connectivity index (χ0n) is 12.4. The highest BCUT2D eigenvalue weighted by Crippen LogP contribution is 2.30. The lowest BCUT2D eigenvalue weighted by Gasteiger charge is -2.26. The first-order chi connectivity index (χ1) is 9.29. The lowest BCUT2D eigenvalue weighted by molar-refractivity contribution is 0.267. The zero-order chi connectivity index (χ0) is 13.5. The monoisotopic (exact) mass is 264 g/mol. The third kappa shape index (κ3) is 4.60. The van der Waals surface area contributed by atoms with Gasteiger partial charge < -0.3 is 5.32 Å². The first-order valence-corrected chi connectivity index (χ1v) is 7.87. The maximum absolute atomic E-state index is 4.32. The number of rotatable bonds is 7. The molecule has 4 nitrogen and oxygen atoms in total. The molecule has 2 rings (SSSR count). The molecule has 0 amide bonds. The third-order valence-electron chi connectivity index (χ3n) is 4.19. The first-order valence-electron chi connectivity index (χ1n) is 7.87. The van der Waals surface area contributed by atoms with Crippen LogP contribution in [0.15, 0.2) is 6.33 Å². The van der Waals surface area contributed by atoms with Crippen LogP contribution in [0.2, 0.25) is 0 Å². The van der Waals surface area contributed by atoms with Gasteiger partial charge in [-0.3, -0.25) is 0 Å². The molecule has 0 saturated heterocycles. The van der Waals surface area contributed by atoms with E-state index in [1.54, 1.807) is 6.33 Å². The second-order valence-electron chi connectivity index (χ2n) is 6.00. The summed E-state index contributed by atoms with van der Waals surface area (Å²) in [7, 11) is 0. The van der Waals surface area contributed by atoms with Crippen LogP contribution in [0.4, 0.5) is 0 Å². The minimum absolute atomic E-state index is 0.849. The van der Waals surface area contributed by atoms with Crippen LogP contribution in [0.25, 0.3) is 0 Å².